The third-order valence-electron chi connectivity index (χ3n) is 4.97. The van der Waals surface area contributed by atoms with Crippen LogP contribution in [0.5, 0.6) is 0 Å². The maximum Gasteiger partial charge on any atom is 0.353 e. The van der Waals surface area contributed by atoms with Crippen molar-refractivity contribution in [2.75, 3.05) is 55.2 Å². The van der Waals surface area contributed by atoms with Gasteiger partial charge in [0.15, 0.2) is 0 Å². The van der Waals surface area contributed by atoms with Crippen molar-refractivity contribution in [3.63, 3.8) is 0 Å². The number of aromatic nitrogens is 2. The second-order valence-electron chi connectivity index (χ2n) is 6.75. The fourth-order valence-electron chi connectivity index (χ4n) is 3.36. The van der Waals surface area contributed by atoms with Crippen molar-refractivity contribution in [2.24, 2.45) is 0 Å². The minimum Gasteiger partial charge on any atom is -0.378 e. The molecule has 0 bridgehead atoms. The predicted octanol–water partition coefficient (Wildman–Crippen LogP) is 1.07. The summed E-state index contributed by atoms with van der Waals surface area (Å²) in [6, 6.07) is 0. The number of nitrogens with zero attached hydrogens (tertiary/aromatic N) is 4. The minimum absolute atomic E-state index is 0.0684. The number of nitrogens with one attached hydrogen (secondary N) is 2. The second-order valence-corrected chi connectivity index (χ2v) is 6.75. The van der Waals surface area contributed by atoms with Crippen molar-refractivity contribution in [3.8, 4) is 0 Å². The highest BCUT2D eigenvalue weighted by atomic mass is 16.6. The molecule has 0 amide bonds. The van der Waals surface area contributed by atoms with Gasteiger partial charge < -0.3 is 20.9 Å². The number of hydrogen-bond acceptors (Lipinski definition) is 7. The van der Waals surface area contributed by atoms with E-state index >= 15 is 0 Å². The van der Waals surface area contributed by atoms with Gasteiger partial charge in [0.25, 0.3) is 0 Å². The molecule has 0 spiro atoms. The molecule has 1 aromatic rings. The Balaban J connectivity index is 2.11. The standard InChI is InChI=1S/C17H31N7O2/c1-3-22(4-2)11-9-10-19-17-20-15(18)14(24(25)26)16(21-17)23-12-7-5-6-8-13-23/h3-13H2,1-2H3,(H3,18,19,20,21)/p+1. The Morgan fingerprint density at radius 2 is 1.85 bits per heavy atom. The summed E-state index contributed by atoms with van der Waals surface area (Å²) in [4.78, 5) is 23.1. The molecule has 0 saturated carbocycles. The predicted molar refractivity (Wildman–Crippen MR) is 104 cm³/mol. The highest BCUT2D eigenvalue weighted by molar-refractivity contribution is 5.71. The molecule has 1 saturated heterocycles. The van der Waals surface area contributed by atoms with Crippen LogP contribution in [0.15, 0.2) is 0 Å². The third-order valence-corrected chi connectivity index (χ3v) is 4.97. The van der Waals surface area contributed by atoms with Crippen molar-refractivity contribution in [2.45, 2.75) is 46.0 Å². The van der Waals surface area contributed by atoms with Crippen LogP contribution in [0.2, 0.25) is 0 Å². The van der Waals surface area contributed by atoms with Crippen LogP contribution >= 0.6 is 0 Å². The van der Waals surface area contributed by atoms with Gasteiger partial charge in [-0.2, -0.15) is 9.97 Å². The number of nitro groups is 1. The fraction of sp³-hybridized carbons (Fsp3) is 0.765. The molecule has 4 N–H and O–H groups in total. The van der Waals surface area contributed by atoms with E-state index in [1.807, 2.05) is 4.90 Å². The van der Waals surface area contributed by atoms with Gasteiger partial charge in [0.2, 0.25) is 17.6 Å². The average Bonchev–Trinajstić information content (AvgIpc) is 2.90. The van der Waals surface area contributed by atoms with Crippen molar-refractivity contribution in [3.05, 3.63) is 10.1 Å². The summed E-state index contributed by atoms with van der Waals surface area (Å²) < 4.78 is 0. The highest BCUT2D eigenvalue weighted by Crippen LogP contribution is 2.33. The molecule has 1 fully saturated rings. The second kappa shape index (κ2) is 10.1. The Labute approximate surface area is 155 Å². The summed E-state index contributed by atoms with van der Waals surface area (Å²) in [6.45, 7) is 9.90. The van der Waals surface area contributed by atoms with Crippen molar-refractivity contribution in [1.29, 1.82) is 0 Å². The van der Waals surface area contributed by atoms with Gasteiger partial charge in [0, 0.05) is 26.1 Å². The van der Waals surface area contributed by atoms with E-state index in [1.54, 1.807) is 4.90 Å². The first kappa shape index (κ1) is 20.2. The summed E-state index contributed by atoms with van der Waals surface area (Å²) in [5.74, 6) is 0.657. The lowest BCUT2D eigenvalue weighted by atomic mass is 10.2. The first-order valence-electron chi connectivity index (χ1n) is 9.71. The van der Waals surface area contributed by atoms with Gasteiger partial charge in [0.1, 0.15) is 0 Å². The van der Waals surface area contributed by atoms with Crippen LogP contribution in [-0.2, 0) is 0 Å². The topological polar surface area (TPSA) is 115 Å². The quantitative estimate of drug-likeness (QED) is 0.340. The molecule has 9 nitrogen and oxygen atoms in total. The number of anilines is 3. The van der Waals surface area contributed by atoms with Crippen LogP contribution < -0.4 is 20.9 Å². The lowest BCUT2D eigenvalue weighted by Gasteiger charge is -2.22. The SMILES string of the molecule is CC[NH+](CC)CCCNc1nc(N)c([N+](=O)[O-])c(N2CCCCCC2)n1. The van der Waals surface area contributed by atoms with E-state index in [0.29, 0.717) is 11.8 Å². The zero-order valence-corrected chi connectivity index (χ0v) is 16.0. The van der Waals surface area contributed by atoms with Crippen molar-refractivity contribution >= 4 is 23.3 Å². The van der Waals surface area contributed by atoms with Gasteiger partial charge >= 0.3 is 5.69 Å². The number of nitrogens with two attached hydrogens (primary N) is 1. The molecule has 0 radical (unpaired) electrons. The Kier molecular flexibility index (Phi) is 7.83. The third kappa shape index (κ3) is 5.42. The number of rotatable bonds is 9. The fourth-order valence-corrected chi connectivity index (χ4v) is 3.36. The number of quaternary nitrogens is 1. The van der Waals surface area contributed by atoms with Crippen LogP contribution in [0.3, 0.4) is 0 Å². The van der Waals surface area contributed by atoms with Gasteiger partial charge in [0.05, 0.1) is 24.6 Å². The normalized spacial score (nSPS) is 15.1. The van der Waals surface area contributed by atoms with Crippen LogP contribution in [0.4, 0.5) is 23.3 Å². The molecule has 26 heavy (non-hydrogen) atoms. The summed E-state index contributed by atoms with van der Waals surface area (Å²) in [5.41, 5.74) is 5.72. The molecule has 146 valence electrons. The van der Waals surface area contributed by atoms with E-state index in [1.165, 1.54) is 0 Å². The zero-order chi connectivity index (χ0) is 18.9. The molecule has 1 aliphatic rings. The Hall–Kier alpha value is -2.16. The van der Waals surface area contributed by atoms with E-state index in [4.69, 9.17) is 5.73 Å². The van der Waals surface area contributed by atoms with Crippen LogP contribution in [0.1, 0.15) is 46.0 Å². The molecule has 2 heterocycles. The molecule has 0 atom stereocenters. The maximum absolute atomic E-state index is 11.5. The van der Waals surface area contributed by atoms with Gasteiger partial charge in [-0.05, 0) is 26.7 Å². The molecule has 0 unspecified atom stereocenters. The summed E-state index contributed by atoms with van der Waals surface area (Å²) in [7, 11) is 0. The maximum atomic E-state index is 11.5. The number of nitrogen functional groups attached to an aromatic ring is 1. The van der Waals surface area contributed by atoms with Gasteiger partial charge in [-0.15, -0.1) is 0 Å². The zero-order valence-electron chi connectivity index (χ0n) is 16.0. The van der Waals surface area contributed by atoms with E-state index in [9.17, 15) is 10.1 Å². The van der Waals surface area contributed by atoms with E-state index in [0.717, 1.165) is 71.4 Å². The molecular formula is C17H32N7O2+. The lowest BCUT2D eigenvalue weighted by molar-refractivity contribution is -0.896. The first-order chi connectivity index (χ1) is 12.6. The summed E-state index contributed by atoms with van der Waals surface area (Å²) in [5, 5.41) is 14.7. The van der Waals surface area contributed by atoms with Crippen molar-refractivity contribution < 1.29 is 9.82 Å². The molecular weight excluding hydrogens is 334 g/mol. The smallest absolute Gasteiger partial charge is 0.353 e. The van der Waals surface area contributed by atoms with Crippen LogP contribution in [0.25, 0.3) is 0 Å². The summed E-state index contributed by atoms with van der Waals surface area (Å²) >= 11 is 0. The van der Waals surface area contributed by atoms with Crippen molar-refractivity contribution in [1.82, 2.24) is 9.97 Å². The molecule has 9 heteroatoms. The molecule has 2 rings (SSSR count). The van der Waals surface area contributed by atoms with Crippen LogP contribution in [0, 0.1) is 10.1 Å². The molecule has 0 aliphatic carbocycles. The van der Waals surface area contributed by atoms with Crippen LogP contribution in [-0.4, -0.2) is 54.2 Å². The monoisotopic (exact) mass is 366 g/mol. The average molecular weight is 366 g/mol. The van der Waals surface area contributed by atoms with Gasteiger partial charge in [-0.1, -0.05) is 12.8 Å². The van der Waals surface area contributed by atoms with Gasteiger partial charge in [-0.25, -0.2) is 0 Å². The first-order valence-corrected chi connectivity index (χ1v) is 9.71. The highest BCUT2D eigenvalue weighted by Gasteiger charge is 2.27. The molecule has 1 aromatic heterocycles. The largest absolute Gasteiger partial charge is 0.378 e. The van der Waals surface area contributed by atoms with E-state index in [-0.39, 0.29) is 11.5 Å². The Morgan fingerprint density at radius 1 is 1.19 bits per heavy atom. The molecule has 0 aromatic carbocycles. The van der Waals surface area contributed by atoms with E-state index < -0.39 is 4.92 Å². The summed E-state index contributed by atoms with van der Waals surface area (Å²) in [6.07, 6.45) is 5.29. The Bertz CT molecular complexity index is 585. The van der Waals surface area contributed by atoms with Gasteiger partial charge in [-0.3, -0.25) is 10.1 Å². The Morgan fingerprint density at radius 3 is 2.42 bits per heavy atom. The lowest BCUT2D eigenvalue weighted by Crippen LogP contribution is -3.11. The molecule has 1 aliphatic heterocycles. The minimum atomic E-state index is -0.469. The number of hydrogen-bond donors (Lipinski definition) is 3. The van der Waals surface area contributed by atoms with E-state index in [2.05, 4.69) is 29.1 Å².